The summed E-state index contributed by atoms with van der Waals surface area (Å²) in [6.45, 7) is 5.36. The van der Waals surface area contributed by atoms with Crippen molar-refractivity contribution in [1.82, 2.24) is 25.0 Å². The number of hydrogen-bond acceptors (Lipinski definition) is 4. The maximum atomic E-state index is 5.44. The van der Waals surface area contributed by atoms with Crippen molar-refractivity contribution in [2.24, 2.45) is 5.73 Å². The Hall–Kier alpha value is -2.47. The van der Waals surface area contributed by atoms with E-state index in [4.69, 9.17) is 5.73 Å². The normalized spacial score (nSPS) is 10.3. The first-order chi connectivity index (χ1) is 11.7. The summed E-state index contributed by atoms with van der Waals surface area (Å²) in [5, 5.41) is 7.89. The molecule has 0 aliphatic heterocycles. The van der Waals surface area contributed by atoms with E-state index in [-0.39, 0.29) is 0 Å². The summed E-state index contributed by atoms with van der Waals surface area (Å²) >= 11 is 0. The quantitative estimate of drug-likeness (QED) is 0.729. The lowest BCUT2D eigenvalue weighted by molar-refractivity contribution is 0.649. The minimum absolute atomic E-state index is 0.439. The van der Waals surface area contributed by atoms with Crippen LogP contribution in [0.3, 0.4) is 0 Å². The minimum Gasteiger partial charge on any atom is -0.346 e. The van der Waals surface area contributed by atoms with Gasteiger partial charge in [-0.2, -0.15) is 0 Å². The average Bonchev–Trinajstić information content (AvgIpc) is 3.23. The number of benzene rings is 1. The van der Waals surface area contributed by atoms with Gasteiger partial charge in [-0.25, -0.2) is 9.67 Å². The number of hydrogen-bond donors (Lipinski definition) is 2. The summed E-state index contributed by atoms with van der Waals surface area (Å²) in [5.74, 6) is 1.02. The molecule has 0 fully saturated rings. The standard InChI is InChI=1S/C10H12N4.C8H14N2/c11-6-10-8-14(13-12-10)7-9-4-2-1-3-5-9;1-3-4-5-8-6-9-7(2)10-8/h1-5,8H,6-7,11H2;6H,3-5H2,1-2H3,(H,9,10). The first-order valence-electron chi connectivity index (χ1n) is 8.34. The molecule has 0 unspecified atom stereocenters. The van der Waals surface area contributed by atoms with Gasteiger partial charge in [-0.3, -0.25) is 0 Å². The lowest BCUT2D eigenvalue weighted by Gasteiger charge is -1.98. The SMILES string of the molecule is CCCCc1cnc(C)[nH]1.NCc1cn(Cc2ccccc2)nn1. The van der Waals surface area contributed by atoms with E-state index in [0.29, 0.717) is 6.54 Å². The van der Waals surface area contributed by atoms with Crippen LogP contribution in [0.2, 0.25) is 0 Å². The van der Waals surface area contributed by atoms with Gasteiger partial charge in [0.15, 0.2) is 0 Å². The van der Waals surface area contributed by atoms with Gasteiger partial charge in [0.05, 0.1) is 18.4 Å². The number of imidazole rings is 1. The third kappa shape index (κ3) is 5.96. The molecule has 6 nitrogen and oxygen atoms in total. The topological polar surface area (TPSA) is 85.4 Å². The Labute approximate surface area is 143 Å². The van der Waals surface area contributed by atoms with E-state index in [0.717, 1.165) is 24.5 Å². The fraction of sp³-hybridized carbons (Fsp3) is 0.389. The van der Waals surface area contributed by atoms with Crippen LogP contribution in [0.5, 0.6) is 0 Å². The van der Waals surface area contributed by atoms with Crippen LogP contribution in [0.1, 0.15) is 42.5 Å². The molecule has 6 heteroatoms. The second kappa shape index (κ2) is 9.62. The van der Waals surface area contributed by atoms with E-state index in [9.17, 15) is 0 Å². The summed E-state index contributed by atoms with van der Waals surface area (Å²) < 4.78 is 1.79. The van der Waals surface area contributed by atoms with Crippen LogP contribution in [0.4, 0.5) is 0 Å². The van der Waals surface area contributed by atoms with Crippen LogP contribution < -0.4 is 5.73 Å². The van der Waals surface area contributed by atoms with Crippen molar-refractivity contribution < 1.29 is 0 Å². The van der Waals surface area contributed by atoms with Gasteiger partial charge in [0.2, 0.25) is 0 Å². The molecular weight excluding hydrogens is 300 g/mol. The summed E-state index contributed by atoms with van der Waals surface area (Å²) in [6, 6.07) is 10.1. The third-order valence-corrected chi connectivity index (χ3v) is 3.54. The van der Waals surface area contributed by atoms with Crippen molar-refractivity contribution in [3.63, 3.8) is 0 Å². The Balaban J connectivity index is 0.000000185. The summed E-state index contributed by atoms with van der Waals surface area (Å²) in [6.07, 6.45) is 7.43. The van der Waals surface area contributed by atoms with Gasteiger partial charge in [0, 0.05) is 18.4 Å². The fourth-order valence-corrected chi connectivity index (χ4v) is 2.25. The Morgan fingerprint density at radius 3 is 2.58 bits per heavy atom. The fourth-order valence-electron chi connectivity index (χ4n) is 2.25. The van der Waals surface area contributed by atoms with Crippen LogP contribution in [-0.4, -0.2) is 25.0 Å². The van der Waals surface area contributed by atoms with E-state index in [1.807, 2.05) is 37.5 Å². The molecule has 3 N–H and O–H groups in total. The molecule has 1 aromatic carbocycles. The predicted molar refractivity (Wildman–Crippen MR) is 95.4 cm³/mol. The number of unbranched alkanes of at least 4 members (excludes halogenated alkanes) is 1. The van der Waals surface area contributed by atoms with Crippen LogP contribution >= 0.6 is 0 Å². The lowest BCUT2D eigenvalue weighted by atomic mass is 10.2. The van der Waals surface area contributed by atoms with Crippen LogP contribution in [0, 0.1) is 6.92 Å². The monoisotopic (exact) mass is 326 g/mol. The number of aromatic nitrogens is 5. The van der Waals surface area contributed by atoms with Gasteiger partial charge in [-0.05, 0) is 25.3 Å². The Morgan fingerprint density at radius 1 is 1.21 bits per heavy atom. The van der Waals surface area contributed by atoms with Gasteiger partial charge >= 0.3 is 0 Å². The number of rotatable bonds is 6. The van der Waals surface area contributed by atoms with E-state index in [1.165, 1.54) is 24.1 Å². The first kappa shape index (κ1) is 17.9. The molecule has 128 valence electrons. The largest absolute Gasteiger partial charge is 0.346 e. The maximum absolute atomic E-state index is 5.44. The molecule has 0 saturated heterocycles. The number of nitrogens with zero attached hydrogens (tertiary/aromatic N) is 4. The highest BCUT2D eigenvalue weighted by molar-refractivity contribution is 5.14. The Kier molecular flexibility index (Phi) is 7.17. The smallest absolute Gasteiger partial charge is 0.103 e. The molecule has 0 saturated carbocycles. The second-order valence-electron chi connectivity index (χ2n) is 5.69. The van der Waals surface area contributed by atoms with Crippen molar-refractivity contribution in [1.29, 1.82) is 0 Å². The van der Waals surface area contributed by atoms with Gasteiger partial charge in [0.1, 0.15) is 5.82 Å². The van der Waals surface area contributed by atoms with E-state index in [1.54, 1.807) is 4.68 Å². The van der Waals surface area contributed by atoms with Gasteiger partial charge < -0.3 is 10.7 Å². The lowest BCUT2D eigenvalue weighted by Crippen LogP contribution is -2.00. The van der Waals surface area contributed by atoms with E-state index in [2.05, 4.69) is 39.3 Å². The highest BCUT2D eigenvalue weighted by atomic mass is 15.4. The van der Waals surface area contributed by atoms with Gasteiger partial charge in [-0.15, -0.1) is 5.10 Å². The molecule has 2 aromatic heterocycles. The zero-order chi connectivity index (χ0) is 17.2. The molecule has 24 heavy (non-hydrogen) atoms. The molecule has 0 radical (unpaired) electrons. The highest BCUT2D eigenvalue weighted by Gasteiger charge is 1.98. The van der Waals surface area contributed by atoms with Crippen LogP contribution in [0.25, 0.3) is 0 Å². The van der Waals surface area contributed by atoms with Gasteiger partial charge in [-0.1, -0.05) is 48.9 Å². The molecular formula is C18H26N6. The third-order valence-electron chi connectivity index (χ3n) is 3.54. The highest BCUT2D eigenvalue weighted by Crippen LogP contribution is 2.02. The summed E-state index contributed by atoms with van der Waals surface area (Å²) in [4.78, 5) is 7.31. The molecule has 0 aliphatic rings. The number of nitrogens with one attached hydrogen (secondary N) is 1. The maximum Gasteiger partial charge on any atom is 0.103 e. The Morgan fingerprint density at radius 2 is 2.00 bits per heavy atom. The predicted octanol–water partition coefficient (Wildman–Crippen LogP) is 2.85. The molecule has 3 rings (SSSR count). The molecule has 3 aromatic rings. The molecule has 0 spiro atoms. The molecule has 0 aliphatic carbocycles. The Bertz CT molecular complexity index is 701. The van der Waals surface area contributed by atoms with Crippen molar-refractivity contribution in [2.45, 2.75) is 46.2 Å². The summed E-state index contributed by atoms with van der Waals surface area (Å²) in [5.41, 5.74) is 8.73. The minimum atomic E-state index is 0.439. The number of nitrogens with two attached hydrogens (primary N) is 1. The summed E-state index contributed by atoms with van der Waals surface area (Å²) in [7, 11) is 0. The van der Waals surface area contributed by atoms with Gasteiger partial charge in [0.25, 0.3) is 0 Å². The molecule has 0 atom stereocenters. The van der Waals surface area contributed by atoms with E-state index < -0.39 is 0 Å². The zero-order valence-electron chi connectivity index (χ0n) is 14.4. The molecule has 0 amide bonds. The van der Waals surface area contributed by atoms with Crippen molar-refractivity contribution in [3.8, 4) is 0 Å². The van der Waals surface area contributed by atoms with Crippen molar-refractivity contribution in [3.05, 3.63) is 65.5 Å². The van der Waals surface area contributed by atoms with Crippen molar-refractivity contribution >= 4 is 0 Å². The second-order valence-corrected chi connectivity index (χ2v) is 5.69. The van der Waals surface area contributed by atoms with Crippen molar-refractivity contribution in [2.75, 3.05) is 0 Å². The first-order valence-corrected chi connectivity index (χ1v) is 8.34. The molecule has 2 heterocycles. The number of H-pyrrole nitrogens is 1. The van der Waals surface area contributed by atoms with E-state index >= 15 is 0 Å². The number of aromatic amines is 1. The van der Waals surface area contributed by atoms with Crippen LogP contribution in [0.15, 0.2) is 42.7 Å². The number of aryl methyl sites for hydroxylation is 2. The average molecular weight is 326 g/mol. The zero-order valence-corrected chi connectivity index (χ0v) is 14.4. The molecule has 0 bridgehead atoms. The van der Waals surface area contributed by atoms with Crippen LogP contribution in [-0.2, 0) is 19.5 Å².